The highest BCUT2D eigenvalue weighted by Gasteiger charge is 2.49. The Balaban J connectivity index is 1.95. The molecule has 18 heavy (non-hydrogen) atoms. The fourth-order valence-corrected chi connectivity index (χ4v) is 2.83. The summed E-state index contributed by atoms with van der Waals surface area (Å²) in [6, 6.07) is -0.0937. The monoisotopic (exact) mass is 255 g/mol. The number of rotatable bonds is 3. The van der Waals surface area contributed by atoms with Gasteiger partial charge in [-0.1, -0.05) is 0 Å². The molecule has 0 aliphatic carbocycles. The number of carbonyl (C=O) groups is 2. The zero-order valence-electron chi connectivity index (χ0n) is 11.1. The number of amides is 1. The molecule has 4 atom stereocenters. The molecule has 1 N–H and O–H groups in total. The number of alkyl carbamates (subject to hydrolysis) is 1. The lowest BCUT2D eigenvalue weighted by Crippen LogP contribution is -2.48. The minimum absolute atomic E-state index is 0.0347. The van der Waals surface area contributed by atoms with Gasteiger partial charge in [-0.05, 0) is 33.6 Å². The van der Waals surface area contributed by atoms with Gasteiger partial charge in [-0.3, -0.25) is 0 Å². The van der Waals surface area contributed by atoms with Gasteiger partial charge in [-0.25, -0.2) is 4.79 Å². The molecule has 2 aliphatic heterocycles. The van der Waals surface area contributed by atoms with Crippen LogP contribution in [0.5, 0.6) is 0 Å². The molecule has 4 unspecified atom stereocenters. The SMILES string of the molecule is CC(C)(C)OC(=O)NC1C2CCC(O2)C1CC=O. The molecule has 5 nitrogen and oxygen atoms in total. The van der Waals surface area contributed by atoms with Gasteiger partial charge in [0.15, 0.2) is 0 Å². The van der Waals surface area contributed by atoms with Gasteiger partial charge in [0, 0.05) is 12.3 Å². The van der Waals surface area contributed by atoms with Crippen molar-refractivity contribution in [2.24, 2.45) is 5.92 Å². The fraction of sp³-hybridized carbons (Fsp3) is 0.846. The fourth-order valence-electron chi connectivity index (χ4n) is 2.83. The number of nitrogens with one attached hydrogen (secondary N) is 1. The van der Waals surface area contributed by atoms with E-state index in [1.807, 2.05) is 20.8 Å². The number of hydrogen-bond acceptors (Lipinski definition) is 4. The molecule has 0 aromatic heterocycles. The Kier molecular flexibility index (Phi) is 3.61. The number of hydrogen-bond donors (Lipinski definition) is 1. The average molecular weight is 255 g/mol. The van der Waals surface area contributed by atoms with E-state index in [1.54, 1.807) is 0 Å². The predicted octanol–water partition coefficient (Wildman–Crippen LogP) is 1.65. The van der Waals surface area contributed by atoms with Crippen LogP contribution in [0, 0.1) is 5.92 Å². The summed E-state index contributed by atoms with van der Waals surface area (Å²) < 4.78 is 11.0. The largest absolute Gasteiger partial charge is 0.444 e. The normalized spacial score (nSPS) is 34.4. The molecule has 0 aromatic carbocycles. The Hall–Kier alpha value is -1.10. The zero-order valence-corrected chi connectivity index (χ0v) is 11.1. The molecule has 0 aromatic rings. The highest BCUT2D eigenvalue weighted by Crippen LogP contribution is 2.40. The first-order valence-corrected chi connectivity index (χ1v) is 6.49. The van der Waals surface area contributed by atoms with Crippen LogP contribution < -0.4 is 5.32 Å². The second-order valence-corrected chi connectivity index (χ2v) is 6.03. The summed E-state index contributed by atoms with van der Waals surface area (Å²) >= 11 is 0. The van der Waals surface area contributed by atoms with Crippen LogP contribution in [0.25, 0.3) is 0 Å². The van der Waals surface area contributed by atoms with Gasteiger partial charge in [0.2, 0.25) is 0 Å². The first-order chi connectivity index (χ1) is 8.40. The van der Waals surface area contributed by atoms with Crippen molar-refractivity contribution in [1.82, 2.24) is 5.32 Å². The van der Waals surface area contributed by atoms with E-state index in [1.165, 1.54) is 0 Å². The number of carbonyl (C=O) groups excluding carboxylic acids is 2. The van der Waals surface area contributed by atoms with E-state index in [2.05, 4.69) is 5.32 Å². The summed E-state index contributed by atoms with van der Waals surface area (Å²) in [6.07, 6.45) is 2.98. The molecule has 5 heteroatoms. The number of aldehydes is 1. The Morgan fingerprint density at radius 1 is 1.39 bits per heavy atom. The van der Waals surface area contributed by atoms with Crippen LogP contribution in [0.1, 0.15) is 40.0 Å². The zero-order chi connectivity index (χ0) is 13.3. The Morgan fingerprint density at radius 2 is 2.06 bits per heavy atom. The van der Waals surface area contributed by atoms with Crippen LogP contribution in [0.2, 0.25) is 0 Å². The molecular formula is C13H21NO4. The van der Waals surface area contributed by atoms with Crippen molar-refractivity contribution in [3.63, 3.8) is 0 Å². The highest BCUT2D eigenvalue weighted by molar-refractivity contribution is 5.68. The topological polar surface area (TPSA) is 64.6 Å². The van der Waals surface area contributed by atoms with E-state index in [4.69, 9.17) is 9.47 Å². The van der Waals surface area contributed by atoms with E-state index in [0.29, 0.717) is 6.42 Å². The second-order valence-electron chi connectivity index (χ2n) is 6.03. The third kappa shape index (κ3) is 2.83. The standard InChI is InChI=1S/C13H21NO4/c1-13(2,3)18-12(16)14-11-8(6-7-15)9-4-5-10(11)17-9/h7-11H,4-6H2,1-3H3,(H,14,16). The summed E-state index contributed by atoms with van der Waals surface area (Å²) in [5.74, 6) is 0.0915. The average Bonchev–Trinajstić information content (AvgIpc) is 2.78. The third-order valence-corrected chi connectivity index (χ3v) is 3.48. The van der Waals surface area contributed by atoms with E-state index in [9.17, 15) is 9.59 Å². The first-order valence-electron chi connectivity index (χ1n) is 6.49. The maximum absolute atomic E-state index is 11.8. The third-order valence-electron chi connectivity index (χ3n) is 3.48. The van der Waals surface area contributed by atoms with Gasteiger partial charge >= 0.3 is 6.09 Å². The van der Waals surface area contributed by atoms with Crippen molar-refractivity contribution in [2.75, 3.05) is 0 Å². The molecule has 2 aliphatic rings. The lowest BCUT2D eigenvalue weighted by atomic mass is 9.83. The van der Waals surface area contributed by atoms with Crippen molar-refractivity contribution in [3.8, 4) is 0 Å². The predicted molar refractivity (Wildman–Crippen MR) is 65.2 cm³/mol. The molecule has 2 bridgehead atoms. The van der Waals surface area contributed by atoms with Gasteiger partial charge in [0.25, 0.3) is 0 Å². The van der Waals surface area contributed by atoms with Gasteiger partial charge in [0.1, 0.15) is 11.9 Å². The Labute approximate surface area is 107 Å². The van der Waals surface area contributed by atoms with Crippen LogP contribution in [0.3, 0.4) is 0 Å². The quantitative estimate of drug-likeness (QED) is 0.779. The summed E-state index contributed by atoms with van der Waals surface area (Å²) in [5.41, 5.74) is -0.511. The molecule has 2 saturated heterocycles. The van der Waals surface area contributed by atoms with Crippen LogP contribution in [0.15, 0.2) is 0 Å². The van der Waals surface area contributed by atoms with Crippen LogP contribution in [-0.4, -0.2) is 36.2 Å². The molecule has 1 amide bonds. The highest BCUT2D eigenvalue weighted by atomic mass is 16.6. The lowest BCUT2D eigenvalue weighted by Gasteiger charge is -2.28. The molecule has 0 radical (unpaired) electrons. The summed E-state index contributed by atoms with van der Waals surface area (Å²) in [4.78, 5) is 22.5. The minimum Gasteiger partial charge on any atom is -0.444 e. The molecule has 0 saturated carbocycles. The van der Waals surface area contributed by atoms with Crippen LogP contribution in [-0.2, 0) is 14.3 Å². The van der Waals surface area contributed by atoms with Crippen molar-refractivity contribution in [1.29, 1.82) is 0 Å². The molecule has 2 heterocycles. The maximum atomic E-state index is 11.8. The summed E-state index contributed by atoms with van der Waals surface area (Å²) in [6.45, 7) is 5.48. The van der Waals surface area contributed by atoms with Crippen molar-refractivity contribution in [3.05, 3.63) is 0 Å². The number of fused-ring (bicyclic) bond motifs is 2. The first kappa shape index (κ1) is 13.3. The lowest BCUT2D eigenvalue weighted by molar-refractivity contribution is -0.109. The van der Waals surface area contributed by atoms with Crippen LogP contribution >= 0.6 is 0 Å². The van der Waals surface area contributed by atoms with Crippen molar-refractivity contribution < 1.29 is 19.1 Å². The molecule has 102 valence electrons. The van der Waals surface area contributed by atoms with E-state index < -0.39 is 11.7 Å². The van der Waals surface area contributed by atoms with E-state index in [-0.39, 0.29) is 24.2 Å². The smallest absolute Gasteiger partial charge is 0.407 e. The summed E-state index contributed by atoms with van der Waals surface area (Å²) in [7, 11) is 0. The second kappa shape index (κ2) is 4.88. The van der Waals surface area contributed by atoms with E-state index in [0.717, 1.165) is 19.1 Å². The Bertz CT molecular complexity index is 336. The van der Waals surface area contributed by atoms with Gasteiger partial charge in [-0.15, -0.1) is 0 Å². The van der Waals surface area contributed by atoms with Crippen molar-refractivity contribution >= 4 is 12.4 Å². The van der Waals surface area contributed by atoms with E-state index >= 15 is 0 Å². The van der Waals surface area contributed by atoms with Gasteiger partial charge < -0.3 is 19.6 Å². The maximum Gasteiger partial charge on any atom is 0.407 e. The van der Waals surface area contributed by atoms with Gasteiger partial charge in [0.05, 0.1) is 18.2 Å². The molecule has 2 rings (SSSR count). The number of ether oxygens (including phenoxy) is 2. The molecule has 2 fully saturated rings. The minimum atomic E-state index is -0.511. The molecule has 0 spiro atoms. The van der Waals surface area contributed by atoms with Crippen molar-refractivity contribution in [2.45, 2.75) is 63.9 Å². The summed E-state index contributed by atoms with van der Waals surface area (Å²) in [5, 5.41) is 2.86. The Morgan fingerprint density at radius 3 is 2.67 bits per heavy atom. The van der Waals surface area contributed by atoms with Gasteiger partial charge in [-0.2, -0.15) is 0 Å². The van der Waals surface area contributed by atoms with Crippen LogP contribution in [0.4, 0.5) is 4.79 Å². The molecular weight excluding hydrogens is 234 g/mol.